The maximum absolute atomic E-state index is 11.3. The van der Waals surface area contributed by atoms with Gasteiger partial charge in [-0.1, -0.05) is 30.0 Å². The fourth-order valence-electron chi connectivity index (χ4n) is 1.40. The minimum absolute atomic E-state index is 0.0527. The summed E-state index contributed by atoms with van der Waals surface area (Å²) in [5, 5.41) is 12.7. The summed E-state index contributed by atoms with van der Waals surface area (Å²) in [5.74, 6) is 0.115. The van der Waals surface area contributed by atoms with E-state index in [1.807, 2.05) is 24.3 Å². The molecule has 0 aliphatic heterocycles. The van der Waals surface area contributed by atoms with Crippen LogP contribution in [0, 0.1) is 0 Å². The number of nitrogens with one attached hydrogen (secondary N) is 1. The Morgan fingerprint density at radius 3 is 3.06 bits per heavy atom. The summed E-state index contributed by atoms with van der Waals surface area (Å²) in [4.78, 5) is 19.9. The van der Waals surface area contributed by atoms with E-state index in [1.54, 1.807) is 6.20 Å². The first kappa shape index (κ1) is 12.8. The van der Waals surface area contributed by atoms with Crippen molar-refractivity contribution in [2.24, 2.45) is 0 Å². The lowest BCUT2D eigenvalue weighted by Crippen LogP contribution is -2.27. The number of thioether (sulfide) groups is 1. The molecule has 18 heavy (non-hydrogen) atoms. The average molecular weight is 263 g/mol. The van der Waals surface area contributed by atoms with Crippen molar-refractivity contribution in [2.75, 3.05) is 18.9 Å². The van der Waals surface area contributed by atoms with Gasteiger partial charge in [0.25, 0.3) is 0 Å². The lowest BCUT2D eigenvalue weighted by Gasteiger charge is -2.03. The topological polar surface area (TPSA) is 75.1 Å². The zero-order valence-corrected chi connectivity index (χ0v) is 10.5. The average Bonchev–Trinajstić information content (AvgIpc) is 2.42. The molecular weight excluding hydrogens is 250 g/mol. The summed E-state index contributed by atoms with van der Waals surface area (Å²) in [5.41, 5.74) is 0.866. The zero-order chi connectivity index (χ0) is 12.8. The minimum Gasteiger partial charge on any atom is -0.395 e. The molecule has 1 aromatic heterocycles. The second kappa shape index (κ2) is 6.32. The van der Waals surface area contributed by atoms with Gasteiger partial charge < -0.3 is 10.4 Å². The van der Waals surface area contributed by atoms with Crippen molar-refractivity contribution >= 4 is 28.6 Å². The van der Waals surface area contributed by atoms with Crippen LogP contribution in [-0.4, -0.2) is 39.9 Å². The van der Waals surface area contributed by atoms with E-state index < -0.39 is 0 Å². The van der Waals surface area contributed by atoms with Gasteiger partial charge in [0.1, 0.15) is 0 Å². The lowest BCUT2D eigenvalue weighted by molar-refractivity contribution is -0.118. The summed E-state index contributed by atoms with van der Waals surface area (Å²) < 4.78 is 0. The summed E-state index contributed by atoms with van der Waals surface area (Å²) in [6.07, 6.45) is 1.75. The third-order valence-corrected chi connectivity index (χ3v) is 3.09. The van der Waals surface area contributed by atoms with Crippen LogP contribution in [0.3, 0.4) is 0 Å². The van der Waals surface area contributed by atoms with Gasteiger partial charge in [-0.15, -0.1) is 0 Å². The van der Waals surface area contributed by atoms with Crippen molar-refractivity contribution in [3.05, 3.63) is 30.5 Å². The standard InChI is InChI=1S/C12H13N3O2S/c16-6-5-13-11(17)8-18-12-14-7-9-3-1-2-4-10(9)15-12/h1-4,7,16H,5-6,8H2,(H,13,17). The van der Waals surface area contributed by atoms with Crippen LogP contribution in [0.4, 0.5) is 0 Å². The number of para-hydroxylation sites is 1. The molecule has 1 heterocycles. The summed E-state index contributed by atoms with van der Waals surface area (Å²) in [6, 6.07) is 7.70. The molecule has 0 saturated carbocycles. The summed E-state index contributed by atoms with van der Waals surface area (Å²) in [6.45, 7) is 0.223. The number of rotatable bonds is 5. The maximum Gasteiger partial charge on any atom is 0.230 e. The smallest absolute Gasteiger partial charge is 0.230 e. The molecule has 1 aromatic carbocycles. The number of carbonyl (C=O) groups is 1. The van der Waals surface area contributed by atoms with E-state index in [4.69, 9.17) is 5.11 Å². The Morgan fingerprint density at radius 1 is 1.39 bits per heavy atom. The second-order valence-electron chi connectivity index (χ2n) is 3.57. The van der Waals surface area contributed by atoms with Gasteiger partial charge >= 0.3 is 0 Å². The van der Waals surface area contributed by atoms with E-state index >= 15 is 0 Å². The summed E-state index contributed by atoms with van der Waals surface area (Å²) >= 11 is 1.28. The van der Waals surface area contributed by atoms with Crippen molar-refractivity contribution in [2.45, 2.75) is 5.16 Å². The molecule has 0 atom stereocenters. The normalized spacial score (nSPS) is 10.5. The Kier molecular flexibility index (Phi) is 4.49. The first-order valence-electron chi connectivity index (χ1n) is 5.52. The zero-order valence-electron chi connectivity index (χ0n) is 9.67. The third kappa shape index (κ3) is 3.41. The Morgan fingerprint density at radius 2 is 2.22 bits per heavy atom. The lowest BCUT2D eigenvalue weighted by atomic mass is 10.2. The van der Waals surface area contributed by atoms with Crippen LogP contribution in [0.5, 0.6) is 0 Å². The Balaban J connectivity index is 1.97. The minimum atomic E-state index is -0.134. The number of aliphatic hydroxyl groups excluding tert-OH is 1. The van der Waals surface area contributed by atoms with Gasteiger partial charge in [-0.25, -0.2) is 9.97 Å². The molecule has 0 fully saturated rings. The number of hydrogen-bond acceptors (Lipinski definition) is 5. The number of carbonyl (C=O) groups excluding carboxylic acids is 1. The third-order valence-electron chi connectivity index (χ3n) is 2.23. The van der Waals surface area contributed by atoms with Crippen LogP contribution in [0.2, 0.25) is 0 Å². The monoisotopic (exact) mass is 263 g/mol. The summed E-state index contributed by atoms with van der Waals surface area (Å²) in [7, 11) is 0. The van der Waals surface area contributed by atoms with E-state index in [0.717, 1.165) is 10.9 Å². The van der Waals surface area contributed by atoms with E-state index in [1.165, 1.54) is 11.8 Å². The highest BCUT2D eigenvalue weighted by atomic mass is 32.2. The molecule has 2 N–H and O–H groups in total. The van der Waals surface area contributed by atoms with Crippen molar-refractivity contribution in [3.63, 3.8) is 0 Å². The Labute approximate surface area is 109 Å². The van der Waals surface area contributed by atoms with Gasteiger partial charge in [0.2, 0.25) is 5.91 Å². The molecule has 2 aromatic rings. The van der Waals surface area contributed by atoms with Crippen molar-refractivity contribution in [1.82, 2.24) is 15.3 Å². The molecule has 0 radical (unpaired) electrons. The fourth-order valence-corrected chi connectivity index (χ4v) is 2.05. The molecule has 0 saturated heterocycles. The van der Waals surface area contributed by atoms with Crippen molar-refractivity contribution in [3.8, 4) is 0 Å². The van der Waals surface area contributed by atoms with E-state index in [-0.39, 0.29) is 24.8 Å². The highest BCUT2D eigenvalue weighted by molar-refractivity contribution is 7.99. The molecule has 0 bridgehead atoms. The van der Waals surface area contributed by atoms with Gasteiger partial charge in [0.15, 0.2) is 5.16 Å². The van der Waals surface area contributed by atoms with Crippen LogP contribution in [0.1, 0.15) is 0 Å². The molecule has 0 unspecified atom stereocenters. The first-order chi connectivity index (χ1) is 8.79. The van der Waals surface area contributed by atoms with Gasteiger partial charge in [0.05, 0.1) is 17.9 Å². The molecule has 94 valence electrons. The van der Waals surface area contributed by atoms with Crippen LogP contribution in [-0.2, 0) is 4.79 Å². The number of aliphatic hydroxyl groups is 1. The Bertz CT molecular complexity index is 548. The predicted molar refractivity (Wildman–Crippen MR) is 70.4 cm³/mol. The van der Waals surface area contributed by atoms with Gasteiger partial charge in [-0.3, -0.25) is 4.79 Å². The number of fused-ring (bicyclic) bond motifs is 1. The number of benzene rings is 1. The first-order valence-corrected chi connectivity index (χ1v) is 6.50. The maximum atomic E-state index is 11.3. The van der Waals surface area contributed by atoms with Crippen LogP contribution in [0.15, 0.2) is 35.6 Å². The van der Waals surface area contributed by atoms with Crippen molar-refractivity contribution < 1.29 is 9.90 Å². The van der Waals surface area contributed by atoms with Gasteiger partial charge in [0, 0.05) is 18.1 Å². The molecule has 2 rings (SSSR count). The van der Waals surface area contributed by atoms with E-state index in [9.17, 15) is 4.79 Å². The number of nitrogens with zero attached hydrogens (tertiary/aromatic N) is 2. The molecular formula is C12H13N3O2S. The van der Waals surface area contributed by atoms with Crippen LogP contribution in [0.25, 0.3) is 10.9 Å². The predicted octanol–water partition coefficient (Wildman–Crippen LogP) is 0.830. The van der Waals surface area contributed by atoms with E-state index in [2.05, 4.69) is 15.3 Å². The van der Waals surface area contributed by atoms with Gasteiger partial charge in [-0.2, -0.15) is 0 Å². The molecule has 0 spiro atoms. The number of aromatic nitrogens is 2. The molecule has 5 nitrogen and oxygen atoms in total. The Hall–Kier alpha value is -1.66. The number of amides is 1. The molecule has 6 heteroatoms. The SMILES string of the molecule is O=C(CSc1ncc2ccccc2n1)NCCO. The highest BCUT2D eigenvalue weighted by Crippen LogP contribution is 2.16. The van der Waals surface area contributed by atoms with Crippen molar-refractivity contribution in [1.29, 1.82) is 0 Å². The van der Waals surface area contributed by atoms with E-state index in [0.29, 0.717) is 5.16 Å². The number of hydrogen-bond donors (Lipinski definition) is 2. The van der Waals surface area contributed by atoms with Crippen LogP contribution < -0.4 is 5.32 Å². The second-order valence-corrected chi connectivity index (χ2v) is 4.52. The molecule has 0 aliphatic carbocycles. The van der Waals surface area contributed by atoms with Crippen LogP contribution >= 0.6 is 11.8 Å². The molecule has 0 aliphatic rings. The quantitative estimate of drug-likeness (QED) is 0.617. The molecule has 1 amide bonds. The fraction of sp³-hybridized carbons (Fsp3) is 0.250. The van der Waals surface area contributed by atoms with Gasteiger partial charge in [-0.05, 0) is 6.07 Å². The highest BCUT2D eigenvalue weighted by Gasteiger charge is 2.04. The largest absolute Gasteiger partial charge is 0.395 e.